The number of nitrogens with zero attached hydrogens (tertiary/aromatic N) is 1. The lowest BCUT2D eigenvalue weighted by Gasteiger charge is -2.06. The van der Waals surface area contributed by atoms with E-state index in [0.717, 1.165) is 28.5 Å². The van der Waals surface area contributed by atoms with Crippen molar-refractivity contribution in [1.29, 1.82) is 0 Å². The Balaban J connectivity index is 1.79. The van der Waals surface area contributed by atoms with Gasteiger partial charge in [0.2, 0.25) is 0 Å². The average Bonchev–Trinajstić information content (AvgIpc) is 2.93. The van der Waals surface area contributed by atoms with Crippen LogP contribution in [-0.4, -0.2) is 22.7 Å². The molecule has 2 aromatic rings. The zero-order chi connectivity index (χ0) is 15.1. The quantitative estimate of drug-likeness (QED) is 0.812. The first-order chi connectivity index (χ1) is 10.2. The van der Waals surface area contributed by atoms with Crippen molar-refractivity contribution >= 4 is 17.3 Å². The lowest BCUT2D eigenvalue weighted by atomic mass is 10.2. The molecule has 0 saturated carbocycles. The topological polar surface area (TPSA) is 59.4 Å². The van der Waals surface area contributed by atoms with Crippen molar-refractivity contribution in [1.82, 2.24) is 4.98 Å². The molecule has 21 heavy (non-hydrogen) atoms. The van der Waals surface area contributed by atoms with Gasteiger partial charge in [-0.25, -0.2) is 4.98 Å². The zero-order valence-electron chi connectivity index (χ0n) is 12.0. The molecule has 0 aliphatic heterocycles. The van der Waals surface area contributed by atoms with E-state index < -0.39 is 5.97 Å². The molecule has 0 fully saturated rings. The van der Waals surface area contributed by atoms with Crippen LogP contribution in [0.1, 0.15) is 28.8 Å². The number of thiazole rings is 1. The molecular weight excluding hydrogens is 286 g/mol. The second kappa shape index (κ2) is 7.78. The van der Waals surface area contributed by atoms with Crippen molar-refractivity contribution in [2.24, 2.45) is 0 Å². The Labute approximate surface area is 128 Å². The van der Waals surface area contributed by atoms with Gasteiger partial charge < -0.3 is 9.84 Å². The second-order valence-corrected chi connectivity index (χ2v) is 5.91. The summed E-state index contributed by atoms with van der Waals surface area (Å²) in [5, 5.41) is 9.64. The summed E-state index contributed by atoms with van der Waals surface area (Å²) < 4.78 is 5.73. The third-order valence-electron chi connectivity index (χ3n) is 3.08. The molecule has 0 spiro atoms. The number of rotatable bonds is 8. The molecule has 0 bridgehead atoms. The highest BCUT2D eigenvalue weighted by Crippen LogP contribution is 2.17. The number of aliphatic carboxylic acids is 1. The van der Waals surface area contributed by atoms with Gasteiger partial charge in [0.15, 0.2) is 0 Å². The fourth-order valence-electron chi connectivity index (χ4n) is 1.92. The van der Waals surface area contributed by atoms with Gasteiger partial charge in [-0.15, -0.1) is 11.3 Å². The van der Waals surface area contributed by atoms with E-state index in [9.17, 15) is 4.79 Å². The third-order valence-corrected chi connectivity index (χ3v) is 4.19. The molecule has 0 atom stereocenters. The van der Waals surface area contributed by atoms with Gasteiger partial charge in [0, 0.05) is 17.5 Å². The van der Waals surface area contributed by atoms with E-state index in [-0.39, 0.29) is 6.42 Å². The Kier molecular flexibility index (Phi) is 5.75. The molecule has 5 heteroatoms. The van der Waals surface area contributed by atoms with Crippen LogP contribution in [0.25, 0.3) is 0 Å². The van der Waals surface area contributed by atoms with Crippen molar-refractivity contribution in [3.63, 3.8) is 0 Å². The van der Waals surface area contributed by atoms with Gasteiger partial charge in [0.1, 0.15) is 5.75 Å². The number of hydrogen-bond acceptors (Lipinski definition) is 4. The first-order valence-corrected chi connectivity index (χ1v) is 7.86. The Morgan fingerprint density at radius 2 is 2.24 bits per heavy atom. The van der Waals surface area contributed by atoms with Crippen LogP contribution in [0.15, 0.2) is 30.5 Å². The summed E-state index contributed by atoms with van der Waals surface area (Å²) in [7, 11) is 0. The minimum atomic E-state index is -0.774. The SMILES string of the molecule is CCc1cccc(OCCc2ncc(CCC(=O)O)s2)c1. The van der Waals surface area contributed by atoms with Crippen LogP contribution in [0.5, 0.6) is 5.75 Å². The third kappa shape index (κ3) is 5.19. The molecule has 0 aliphatic rings. The van der Waals surface area contributed by atoms with E-state index in [1.54, 1.807) is 17.5 Å². The summed E-state index contributed by atoms with van der Waals surface area (Å²) in [6.07, 6.45) is 4.21. The average molecular weight is 305 g/mol. The summed E-state index contributed by atoms with van der Waals surface area (Å²) >= 11 is 1.56. The summed E-state index contributed by atoms with van der Waals surface area (Å²) in [4.78, 5) is 15.8. The van der Waals surface area contributed by atoms with Crippen LogP contribution in [0, 0.1) is 0 Å². The van der Waals surface area contributed by atoms with E-state index in [1.807, 2.05) is 12.1 Å². The molecule has 1 aromatic heterocycles. The van der Waals surface area contributed by atoms with Gasteiger partial charge in [-0.05, 0) is 30.5 Å². The summed E-state index contributed by atoms with van der Waals surface area (Å²) in [6, 6.07) is 8.10. The maximum atomic E-state index is 10.5. The van der Waals surface area contributed by atoms with Crippen LogP contribution in [0.2, 0.25) is 0 Å². The Morgan fingerprint density at radius 1 is 1.38 bits per heavy atom. The van der Waals surface area contributed by atoms with Crippen LogP contribution >= 0.6 is 11.3 Å². The van der Waals surface area contributed by atoms with Crippen molar-refractivity contribution in [3.05, 3.63) is 45.9 Å². The van der Waals surface area contributed by atoms with Gasteiger partial charge in [0.25, 0.3) is 0 Å². The van der Waals surface area contributed by atoms with Gasteiger partial charge in [0.05, 0.1) is 18.0 Å². The van der Waals surface area contributed by atoms with Gasteiger partial charge >= 0.3 is 5.97 Å². The fourth-order valence-corrected chi connectivity index (χ4v) is 2.82. The molecule has 1 aromatic carbocycles. The lowest BCUT2D eigenvalue weighted by Crippen LogP contribution is -2.01. The van der Waals surface area contributed by atoms with Crippen LogP contribution in [-0.2, 0) is 24.1 Å². The van der Waals surface area contributed by atoms with E-state index in [2.05, 4.69) is 24.0 Å². The molecule has 0 unspecified atom stereocenters. The van der Waals surface area contributed by atoms with Crippen LogP contribution in [0.3, 0.4) is 0 Å². The molecule has 112 valence electrons. The van der Waals surface area contributed by atoms with E-state index in [1.165, 1.54) is 5.56 Å². The smallest absolute Gasteiger partial charge is 0.303 e. The van der Waals surface area contributed by atoms with Gasteiger partial charge in [-0.3, -0.25) is 4.79 Å². The highest BCUT2D eigenvalue weighted by molar-refractivity contribution is 7.11. The molecule has 0 radical (unpaired) electrons. The van der Waals surface area contributed by atoms with Crippen molar-refractivity contribution in [3.8, 4) is 5.75 Å². The van der Waals surface area contributed by atoms with Gasteiger partial charge in [-0.1, -0.05) is 19.1 Å². The standard InChI is InChI=1S/C16H19NO3S/c1-2-12-4-3-5-13(10-12)20-9-8-15-17-11-14(21-15)6-7-16(18)19/h3-5,10-11H,2,6-9H2,1H3,(H,18,19). The normalized spacial score (nSPS) is 10.5. The zero-order valence-corrected chi connectivity index (χ0v) is 12.9. The number of carboxylic acid groups (broad SMARTS) is 1. The van der Waals surface area contributed by atoms with E-state index in [0.29, 0.717) is 13.0 Å². The maximum Gasteiger partial charge on any atom is 0.303 e. The Hall–Kier alpha value is -1.88. The molecule has 1 N–H and O–H groups in total. The molecular formula is C16H19NO3S. The Morgan fingerprint density at radius 3 is 3.00 bits per heavy atom. The Bertz CT molecular complexity index is 595. The minimum Gasteiger partial charge on any atom is -0.493 e. The first-order valence-electron chi connectivity index (χ1n) is 7.04. The number of carboxylic acids is 1. The number of aryl methyl sites for hydroxylation is 2. The predicted molar refractivity (Wildman–Crippen MR) is 83.1 cm³/mol. The molecule has 0 aliphatic carbocycles. The van der Waals surface area contributed by atoms with Crippen molar-refractivity contribution in [2.45, 2.75) is 32.6 Å². The molecule has 4 nitrogen and oxygen atoms in total. The largest absolute Gasteiger partial charge is 0.493 e. The summed E-state index contributed by atoms with van der Waals surface area (Å²) in [5.41, 5.74) is 1.26. The monoisotopic (exact) mass is 305 g/mol. The van der Waals surface area contributed by atoms with Crippen LogP contribution in [0.4, 0.5) is 0 Å². The van der Waals surface area contributed by atoms with Gasteiger partial charge in [-0.2, -0.15) is 0 Å². The van der Waals surface area contributed by atoms with E-state index >= 15 is 0 Å². The first kappa shape index (κ1) is 15.5. The highest BCUT2D eigenvalue weighted by Gasteiger charge is 2.05. The molecule has 0 amide bonds. The molecule has 0 saturated heterocycles. The molecule has 1 heterocycles. The maximum absolute atomic E-state index is 10.5. The van der Waals surface area contributed by atoms with E-state index in [4.69, 9.17) is 9.84 Å². The number of carbonyl (C=O) groups is 1. The summed E-state index contributed by atoms with van der Waals surface area (Å²) in [5.74, 6) is 0.112. The lowest BCUT2D eigenvalue weighted by molar-refractivity contribution is -0.136. The van der Waals surface area contributed by atoms with Crippen molar-refractivity contribution in [2.75, 3.05) is 6.61 Å². The fraction of sp³-hybridized carbons (Fsp3) is 0.375. The second-order valence-electron chi connectivity index (χ2n) is 4.71. The predicted octanol–water partition coefficient (Wildman–Crippen LogP) is 3.34. The van der Waals surface area contributed by atoms with Crippen LogP contribution < -0.4 is 4.74 Å². The number of ether oxygens (including phenoxy) is 1. The van der Waals surface area contributed by atoms with Crippen molar-refractivity contribution < 1.29 is 14.6 Å². The number of aromatic nitrogens is 1. The number of benzene rings is 1. The number of hydrogen-bond donors (Lipinski definition) is 1. The highest BCUT2D eigenvalue weighted by atomic mass is 32.1. The minimum absolute atomic E-state index is 0.155. The molecule has 2 rings (SSSR count). The summed E-state index contributed by atoms with van der Waals surface area (Å²) in [6.45, 7) is 2.70.